The van der Waals surface area contributed by atoms with Crippen LogP contribution in [0.5, 0.6) is 11.5 Å². The van der Waals surface area contributed by atoms with Gasteiger partial charge < -0.3 is 19.4 Å². The first-order chi connectivity index (χ1) is 12.3. The van der Waals surface area contributed by atoms with Crippen LogP contribution in [0.4, 0.5) is 0 Å². The molecule has 0 spiro atoms. The Kier molecular flexibility index (Phi) is 5.07. The molecule has 9 heteroatoms. The molecule has 3 N–H and O–H groups in total. The molecule has 2 aliphatic heterocycles. The number of rotatable bonds is 7. The van der Waals surface area contributed by atoms with E-state index >= 15 is 0 Å². The SMILES string of the molecule is Cn1cnnc1SCCNCC1CNNC1c1ccc2c(c1)OCO2. The minimum atomic E-state index is 0.258. The number of thioether (sulfide) groups is 1. The fourth-order valence-electron chi connectivity index (χ4n) is 3.09. The maximum Gasteiger partial charge on any atom is 0.231 e. The van der Waals surface area contributed by atoms with Gasteiger partial charge in [-0.25, -0.2) is 5.43 Å². The number of hydrogen-bond acceptors (Lipinski definition) is 8. The zero-order chi connectivity index (χ0) is 17.1. The molecule has 2 unspecified atom stereocenters. The van der Waals surface area contributed by atoms with Gasteiger partial charge in [0.1, 0.15) is 6.33 Å². The third-order valence-corrected chi connectivity index (χ3v) is 5.47. The Balaban J connectivity index is 1.26. The molecule has 1 fully saturated rings. The van der Waals surface area contributed by atoms with Crippen LogP contribution < -0.4 is 25.6 Å². The van der Waals surface area contributed by atoms with E-state index in [0.717, 1.165) is 42.0 Å². The fraction of sp³-hybridized carbons (Fsp3) is 0.500. The van der Waals surface area contributed by atoms with Crippen molar-refractivity contribution in [3.8, 4) is 11.5 Å². The standard InChI is InChI=1S/C16H22N6O2S/c1-22-9-19-21-16(22)25-5-4-17-7-12-8-18-20-15(12)11-2-3-13-14(6-11)24-10-23-13/h2-3,6,9,12,15,17-18,20H,4-5,7-8,10H2,1H3. The molecule has 2 aliphatic rings. The molecule has 1 aromatic carbocycles. The quantitative estimate of drug-likeness (QED) is 0.490. The van der Waals surface area contributed by atoms with Gasteiger partial charge in [0.25, 0.3) is 0 Å². The van der Waals surface area contributed by atoms with E-state index in [1.165, 1.54) is 5.56 Å². The van der Waals surface area contributed by atoms with Crippen LogP contribution in [0.1, 0.15) is 11.6 Å². The van der Waals surface area contributed by atoms with Crippen LogP contribution in [0.25, 0.3) is 0 Å². The molecule has 25 heavy (non-hydrogen) atoms. The highest BCUT2D eigenvalue weighted by Gasteiger charge is 2.29. The van der Waals surface area contributed by atoms with Gasteiger partial charge in [-0.1, -0.05) is 17.8 Å². The number of aromatic nitrogens is 3. The van der Waals surface area contributed by atoms with Crippen molar-refractivity contribution in [2.75, 3.05) is 32.2 Å². The number of fused-ring (bicyclic) bond motifs is 1. The molecule has 3 heterocycles. The average Bonchev–Trinajstić information content (AvgIpc) is 3.35. The van der Waals surface area contributed by atoms with E-state index in [9.17, 15) is 0 Å². The summed E-state index contributed by atoms with van der Waals surface area (Å²) in [6, 6.07) is 6.42. The van der Waals surface area contributed by atoms with Gasteiger partial charge in [0.15, 0.2) is 16.7 Å². The van der Waals surface area contributed by atoms with Crippen LogP contribution in [-0.4, -0.2) is 46.9 Å². The molecule has 2 atom stereocenters. The van der Waals surface area contributed by atoms with Crippen LogP contribution in [-0.2, 0) is 7.05 Å². The van der Waals surface area contributed by atoms with Crippen LogP contribution in [0.15, 0.2) is 29.7 Å². The second-order valence-corrected chi connectivity index (χ2v) is 7.21. The zero-order valence-electron chi connectivity index (χ0n) is 14.1. The van der Waals surface area contributed by atoms with Crippen molar-refractivity contribution in [1.82, 2.24) is 30.9 Å². The molecule has 0 saturated carbocycles. The first-order valence-corrected chi connectivity index (χ1v) is 9.35. The highest BCUT2D eigenvalue weighted by molar-refractivity contribution is 7.99. The van der Waals surface area contributed by atoms with Gasteiger partial charge in [-0.15, -0.1) is 10.2 Å². The van der Waals surface area contributed by atoms with E-state index in [4.69, 9.17) is 9.47 Å². The van der Waals surface area contributed by atoms with Crippen molar-refractivity contribution in [2.45, 2.75) is 11.2 Å². The van der Waals surface area contributed by atoms with Gasteiger partial charge in [-0.05, 0) is 17.7 Å². The van der Waals surface area contributed by atoms with Crippen molar-refractivity contribution in [3.63, 3.8) is 0 Å². The summed E-state index contributed by atoms with van der Waals surface area (Å²) in [5.41, 5.74) is 7.86. The summed E-state index contributed by atoms with van der Waals surface area (Å²) >= 11 is 1.71. The number of ether oxygens (including phenoxy) is 2. The van der Waals surface area contributed by atoms with Crippen LogP contribution in [0.3, 0.4) is 0 Å². The maximum absolute atomic E-state index is 5.49. The Morgan fingerprint density at radius 3 is 3.16 bits per heavy atom. The summed E-state index contributed by atoms with van der Waals surface area (Å²) in [5.74, 6) is 3.10. The third kappa shape index (κ3) is 3.74. The molecular formula is C16H22N6O2S. The van der Waals surface area contributed by atoms with Crippen molar-refractivity contribution in [2.24, 2.45) is 13.0 Å². The molecule has 8 nitrogen and oxygen atoms in total. The van der Waals surface area contributed by atoms with Gasteiger partial charge in [0.05, 0.1) is 6.04 Å². The summed E-state index contributed by atoms with van der Waals surface area (Å²) < 4.78 is 12.8. The first-order valence-electron chi connectivity index (χ1n) is 8.37. The monoisotopic (exact) mass is 362 g/mol. The van der Waals surface area contributed by atoms with E-state index < -0.39 is 0 Å². The lowest BCUT2D eigenvalue weighted by molar-refractivity contribution is 0.174. The average molecular weight is 362 g/mol. The molecular weight excluding hydrogens is 340 g/mol. The number of nitrogens with one attached hydrogen (secondary N) is 3. The highest BCUT2D eigenvalue weighted by atomic mass is 32.2. The molecule has 134 valence electrons. The normalized spacial score (nSPS) is 21.8. The van der Waals surface area contributed by atoms with Gasteiger partial charge in [0, 0.05) is 38.4 Å². The van der Waals surface area contributed by atoms with Crippen molar-refractivity contribution in [1.29, 1.82) is 0 Å². The summed E-state index contributed by atoms with van der Waals surface area (Å²) in [6.45, 7) is 3.12. The van der Waals surface area contributed by atoms with E-state index in [1.54, 1.807) is 18.1 Å². The van der Waals surface area contributed by atoms with Gasteiger partial charge in [-0.2, -0.15) is 0 Å². The highest BCUT2D eigenvalue weighted by Crippen LogP contribution is 2.36. The van der Waals surface area contributed by atoms with Gasteiger partial charge in [0.2, 0.25) is 6.79 Å². The van der Waals surface area contributed by atoms with Crippen LogP contribution in [0.2, 0.25) is 0 Å². The number of benzene rings is 1. The number of hydrazine groups is 1. The predicted octanol–water partition coefficient (Wildman–Crippen LogP) is 0.691. The summed E-state index contributed by atoms with van der Waals surface area (Å²) in [4.78, 5) is 0. The lowest BCUT2D eigenvalue weighted by atomic mass is 9.94. The minimum Gasteiger partial charge on any atom is -0.454 e. The second-order valence-electron chi connectivity index (χ2n) is 6.15. The Morgan fingerprint density at radius 2 is 2.28 bits per heavy atom. The number of nitrogens with zero attached hydrogens (tertiary/aromatic N) is 3. The van der Waals surface area contributed by atoms with E-state index in [1.807, 2.05) is 17.7 Å². The van der Waals surface area contributed by atoms with E-state index in [0.29, 0.717) is 12.7 Å². The molecule has 0 bridgehead atoms. The maximum atomic E-state index is 5.49. The smallest absolute Gasteiger partial charge is 0.231 e. The fourth-order valence-corrected chi connectivity index (χ4v) is 3.88. The Hall–Kier alpha value is -1.81. The molecule has 0 aliphatic carbocycles. The molecule has 2 aromatic rings. The second kappa shape index (κ2) is 7.61. The predicted molar refractivity (Wildman–Crippen MR) is 94.5 cm³/mol. The minimum absolute atomic E-state index is 0.258. The number of hydrogen-bond donors (Lipinski definition) is 3. The summed E-state index contributed by atoms with van der Waals surface area (Å²) in [7, 11) is 1.96. The van der Waals surface area contributed by atoms with Crippen molar-refractivity contribution in [3.05, 3.63) is 30.1 Å². The number of aryl methyl sites for hydroxylation is 1. The zero-order valence-corrected chi connectivity index (χ0v) is 14.9. The molecule has 1 saturated heterocycles. The molecule has 4 rings (SSSR count). The Labute approximate surface area is 150 Å². The lowest BCUT2D eigenvalue weighted by Crippen LogP contribution is -2.30. The topological polar surface area (TPSA) is 85.3 Å². The molecule has 0 amide bonds. The molecule has 0 radical (unpaired) electrons. The lowest BCUT2D eigenvalue weighted by Gasteiger charge is -2.19. The van der Waals surface area contributed by atoms with E-state index in [-0.39, 0.29) is 6.04 Å². The van der Waals surface area contributed by atoms with Crippen LogP contribution in [0, 0.1) is 5.92 Å². The largest absolute Gasteiger partial charge is 0.454 e. The van der Waals surface area contributed by atoms with Crippen molar-refractivity contribution >= 4 is 11.8 Å². The Bertz CT molecular complexity index is 724. The van der Waals surface area contributed by atoms with Gasteiger partial charge in [-0.3, -0.25) is 5.43 Å². The van der Waals surface area contributed by atoms with Crippen molar-refractivity contribution < 1.29 is 9.47 Å². The Morgan fingerprint density at radius 1 is 1.36 bits per heavy atom. The van der Waals surface area contributed by atoms with Crippen LogP contribution >= 0.6 is 11.8 Å². The summed E-state index contributed by atoms with van der Waals surface area (Å²) in [5, 5.41) is 12.5. The first kappa shape index (κ1) is 16.6. The molecule has 1 aromatic heterocycles. The summed E-state index contributed by atoms with van der Waals surface area (Å²) in [6.07, 6.45) is 1.72. The third-order valence-electron chi connectivity index (χ3n) is 4.44. The van der Waals surface area contributed by atoms with E-state index in [2.05, 4.69) is 38.5 Å². The van der Waals surface area contributed by atoms with Gasteiger partial charge >= 0.3 is 0 Å².